The van der Waals surface area contributed by atoms with Gasteiger partial charge in [0.05, 0.1) is 6.04 Å². The van der Waals surface area contributed by atoms with Gasteiger partial charge in [-0.15, -0.1) is 0 Å². The summed E-state index contributed by atoms with van der Waals surface area (Å²) in [4.78, 5) is 11.4. The maximum Gasteiger partial charge on any atom is 0.149 e. The molecule has 1 atom stereocenters. The molecule has 1 aliphatic heterocycles. The highest BCUT2D eigenvalue weighted by molar-refractivity contribution is 5.84. The van der Waals surface area contributed by atoms with E-state index in [2.05, 4.69) is 19.2 Å². The molecule has 11 heavy (non-hydrogen) atoms. The highest BCUT2D eigenvalue weighted by atomic mass is 16.1. The summed E-state index contributed by atoms with van der Waals surface area (Å²) >= 11 is 0. The van der Waals surface area contributed by atoms with Crippen molar-refractivity contribution in [2.75, 3.05) is 6.54 Å². The summed E-state index contributed by atoms with van der Waals surface area (Å²) in [5.74, 6) is 0.905. The fourth-order valence-electron chi connectivity index (χ4n) is 1.50. The van der Waals surface area contributed by atoms with Gasteiger partial charge in [-0.1, -0.05) is 13.8 Å². The van der Waals surface area contributed by atoms with Crippen molar-refractivity contribution in [2.24, 2.45) is 5.92 Å². The summed E-state index contributed by atoms with van der Waals surface area (Å²) in [7, 11) is 0. The summed E-state index contributed by atoms with van der Waals surface area (Å²) in [5, 5.41) is 3.21. The minimum absolute atomic E-state index is 0.178. The van der Waals surface area contributed by atoms with Crippen LogP contribution in [0.3, 0.4) is 0 Å². The minimum atomic E-state index is 0.178. The largest absolute Gasteiger partial charge is 0.307 e. The number of rotatable bonds is 3. The normalized spacial score (nSPS) is 24.5. The molecule has 64 valence electrons. The van der Waals surface area contributed by atoms with Crippen LogP contribution in [-0.4, -0.2) is 18.4 Å². The van der Waals surface area contributed by atoms with Gasteiger partial charge in [0.25, 0.3) is 0 Å². The summed E-state index contributed by atoms with van der Waals surface area (Å²) < 4.78 is 0. The lowest BCUT2D eigenvalue weighted by atomic mass is 10.0. The van der Waals surface area contributed by atoms with Crippen LogP contribution in [0.1, 0.15) is 33.1 Å². The maximum absolute atomic E-state index is 11.4. The average Bonchev–Trinajstić information content (AvgIpc) is 2.35. The van der Waals surface area contributed by atoms with Gasteiger partial charge in [0.1, 0.15) is 5.78 Å². The van der Waals surface area contributed by atoms with E-state index in [9.17, 15) is 4.79 Å². The molecule has 0 amide bonds. The first-order valence-corrected chi connectivity index (χ1v) is 4.46. The van der Waals surface area contributed by atoms with E-state index in [0.29, 0.717) is 11.7 Å². The second-order valence-electron chi connectivity index (χ2n) is 3.71. The van der Waals surface area contributed by atoms with Crippen LogP contribution in [0.15, 0.2) is 0 Å². The van der Waals surface area contributed by atoms with Gasteiger partial charge >= 0.3 is 0 Å². The Labute approximate surface area is 68.4 Å². The van der Waals surface area contributed by atoms with Crippen LogP contribution in [0, 0.1) is 5.92 Å². The lowest BCUT2D eigenvalue weighted by Crippen LogP contribution is -2.31. The molecule has 0 saturated carbocycles. The van der Waals surface area contributed by atoms with Gasteiger partial charge in [-0.3, -0.25) is 4.79 Å². The van der Waals surface area contributed by atoms with Gasteiger partial charge < -0.3 is 5.32 Å². The van der Waals surface area contributed by atoms with Crippen molar-refractivity contribution in [3.8, 4) is 0 Å². The van der Waals surface area contributed by atoms with Crippen molar-refractivity contribution in [2.45, 2.75) is 39.2 Å². The number of hydrogen-bond acceptors (Lipinski definition) is 2. The smallest absolute Gasteiger partial charge is 0.149 e. The zero-order valence-corrected chi connectivity index (χ0v) is 7.39. The first kappa shape index (κ1) is 8.72. The van der Waals surface area contributed by atoms with Crippen LogP contribution in [0.2, 0.25) is 0 Å². The lowest BCUT2D eigenvalue weighted by molar-refractivity contribution is -0.121. The van der Waals surface area contributed by atoms with Crippen molar-refractivity contribution >= 4 is 5.78 Å². The summed E-state index contributed by atoms with van der Waals surface area (Å²) in [6.45, 7) is 5.20. The van der Waals surface area contributed by atoms with Gasteiger partial charge in [-0.2, -0.15) is 0 Å². The van der Waals surface area contributed by atoms with Gasteiger partial charge in [0, 0.05) is 6.42 Å². The number of carbonyl (C=O) groups is 1. The SMILES string of the molecule is CC(C)CC(=O)C1CCCN1. The van der Waals surface area contributed by atoms with E-state index in [1.165, 1.54) is 0 Å². The Morgan fingerprint density at radius 2 is 2.36 bits per heavy atom. The summed E-state index contributed by atoms with van der Waals surface area (Å²) in [6, 6.07) is 0.178. The van der Waals surface area contributed by atoms with E-state index in [0.717, 1.165) is 25.8 Å². The van der Waals surface area contributed by atoms with E-state index < -0.39 is 0 Å². The van der Waals surface area contributed by atoms with Gasteiger partial charge in [0.2, 0.25) is 0 Å². The first-order chi connectivity index (χ1) is 5.20. The molecule has 0 aliphatic carbocycles. The molecule has 2 heteroatoms. The second-order valence-corrected chi connectivity index (χ2v) is 3.71. The summed E-state index contributed by atoms with van der Waals surface area (Å²) in [6.07, 6.45) is 2.94. The summed E-state index contributed by atoms with van der Waals surface area (Å²) in [5.41, 5.74) is 0. The zero-order valence-electron chi connectivity index (χ0n) is 7.39. The van der Waals surface area contributed by atoms with E-state index in [-0.39, 0.29) is 6.04 Å². The molecular formula is C9H17NO. The molecule has 1 rings (SSSR count). The Bertz CT molecular complexity index is 136. The highest BCUT2D eigenvalue weighted by Gasteiger charge is 2.21. The fraction of sp³-hybridized carbons (Fsp3) is 0.889. The van der Waals surface area contributed by atoms with Crippen LogP contribution >= 0.6 is 0 Å². The van der Waals surface area contributed by atoms with E-state index in [4.69, 9.17) is 0 Å². The molecule has 0 aromatic rings. The second kappa shape index (κ2) is 3.86. The molecule has 1 aliphatic rings. The molecule has 1 unspecified atom stereocenters. The number of carbonyl (C=O) groups excluding carboxylic acids is 1. The third-order valence-electron chi connectivity index (χ3n) is 2.06. The molecule has 0 spiro atoms. The molecule has 0 bridgehead atoms. The van der Waals surface area contributed by atoms with Crippen LogP contribution in [-0.2, 0) is 4.79 Å². The topological polar surface area (TPSA) is 29.1 Å². The van der Waals surface area contributed by atoms with E-state index >= 15 is 0 Å². The predicted octanol–water partition coefficient (Wildman–Crippen LogP) is 1.35. The molecule has 0 aromatic heterocycles. The lowest BCUT2D eigenvalue weighted by Gasteiger charge is -2.09. The zero-order chi connectivity index (χ0) is 8.27. The number of nitrogens with one attached hydrogen (secondary N) is 1. The maximum atomic E-state index is 11.4. The van der Waals surface area contributed by atoms with Gasteiger partial charge in [-0.05, 0) is 25.3 Å². The van der Waals surface area contributed by atoms with E-state index in [1.54, 1.807) is 0 Å². The molecule has 1 N–H and O–H groups in total. The van der Waals surface area contributed by atoms with Gasteiger partial charge in [-0.25, -0.2) is 0 Å². The highest BCUT2D eigenvalue weighted by Crippen LogP contribution is 2.10. The Morgan fingerprint density at radius 3 is 2.82 bits per heavy atom. The number of ketones is 1. The predicted molar refractivity (Wildman–Crippen MR) is 45.5 cm³/mol. The van der Waals surface area contributed by atoms with Gasteiger partial charge in [0.15, 0.2) is 0 Å². The molecule has 1 heterocycles. The fourth-order valence-corrected chi connectivity index (χ4v) is 1.50. The van der Waals surface area contributed by atoms with Crippen molar-refractivity contribution < 1.29 is 4.79 Å². The quantitative estimate of drug-likeness (QED) is 0.666. The van der Waals surface area contributed by atoms with Crippen molar-refractivity contribution in [1.82, 2.24) is 5.32 Å². The van der Waals surface area contributed by atoms with Crippen LogP contribution < -0.4 is 5.32 Å². The molecule has 0 radical (unpaired) electrons. The monoisotopic (exact) mass is 155 g/mol. The van der Waals surface area contributed by atoms with Crippen LogP contribution in [0.5, 0.6) is 0 Å². The Hall–Kier alpha value is -0.370. The van der Waals surface area contributed by atoms with Crippen LogP contribution in [0.4, 0.5) is 0 Å². The first-order valence-electron chi connectivity index (χ1n) is 4.46. The average molecular weight is 155 g/mol. The number of Topliss-reactive ketones (excluding diaryl/α,β-unsaturated/α-hetero) is 1. The van der Waals surface area contributed by atoms with Crippen LogP contribution in [0.25, 0.3) is 0 Å². The Kier molecular flexibility index (Phi) is 3.06. The standard InChI is InChI=1S/C9H17NO/c1-7(2)6-9(11)8-4-3-5-10-8/h7-8,10H,3-6H2,1-2H3. The van der Waals surface area contributed by atoms with Crippen molar-refractivity contribution in [1.29, 1.82) is 0 Å². The Balaban J connectivity index is 2.28. The third-order valence-corrected chi connectivity index (χ3v) is 2.06. The minimum Gasteiger partial charge on any atom is -0.307 e. The van der Waals surface area contributed by atoms with Crippen molar-refractivity contribution in [3.05, 3.63) is 0 Å². The Morgan fingerprint density at radius 1 is 1.64 bits per heavy atom. The third kappa shape index (κ3) is 2.62. The molecule has 1 saturated heterocycles. The number of hydrogen-bond donors (Lipinski definition) is 1. The molecular weight excluding hydrogens is 138 g/mol. The molecule has 0 aromatic carbocycles. The van der Waals surface area contributed by atoms with Crippen molar-refractivity contribution in [3.63, 3.8) is 0 Å². The molecule has 1 fully saturated rings. The molecule has 2 nitrogen and oxygen atoms in total. The van der Waals surface area contributed by atoms with E-state index in [1.807, 2.05) is 0 Å².